The lowest BCUT2D eigenvalue weighted by atomic mass is 10.2. The van der Waals surface area contributed by atoms with Crippen molar-refractivity contribution in [2.24, 2.45) is 0 Å². The third-order valence-corrected chi connectivity index (χ3v) is 1.44. The molecule has 0 radical (unpaired) electrons. The molecular weight excluding hydrogens is 128 g/mol. The van der Waals surface area contributed by atoms with Gasteiger partial charge in [0.1, 0.15) is 0 Å². The van der Waals surface area contributed by atoms with Gasteiger partial charge in [0.25, 0.3) is 0 Å². The molecule has 0 heterocycles. The normalized spacial score (nSPS) is 19.6. The Labute approximate surface area is 62.5 Å². The van der Waals surface area contributed by atoms with E-state index in [-0.39, 0.29) is 12.2 Å². The van der Waals surface area contributed by atoms with Crippen LogP contribution in [0.1, 0.15) is 20.8 Å². The Morgan fingerprint density at radius 2 is 1.90 bits per heavy atom. The zero-order valence-electron chi connectivity index (χ0n) is 6.87. The lowest BCUT2D eigenvalue weighted by Crippen LogP contribution is -2.25. The minimum Gasteiger partial charge on any atom is -0.391 e. The molecular formula is C8H16O2. The van der Waals surface area contributed by atoms with Gasteiger partial charge in [-0.3, -0.25) is 0 Å². The maximum atomic E-state index is 9.01. The van der Waals surface area contributed by atoms with Crippen molar-refractivity contribution in [2.45, 2.75) is 39.1 Å². The first-order valence-electron chi connectivity index (χ1n) is 3.54. The Morgan fingerprint density at radius 3 is 2.20 bits per heavy atom. The predicted molar refractivity (Wildman–Crippen MR) is 41.9 cm³/mol. The van der Waals surface area contributed by atoms with E-state index in [1.165, 1.54) is 0 Å². The highest BCUT2D eigenvalue weighted by molar-refractivity contribution is 4.76. The topological polar surface area (TPSA) is 29.5 Å². The summed E-state index contributed by atoms with van der Waals surface area (Å²) in [5.74, 6) is 0. The molecule has 0 spiro atoms. The molecule has 0 rings (SSSR count). The van der Waals surface area contributed by atoms with Gasteiger partial charge in [-0.05, 0) is 20.8 Å². The van der Waals surface area contributed by atoms with Crippen LogP contribution in [0.5, 0.6) is 0 Å². The largest absolute Gasteiger partial charge is 0.391 e. The molecule has 3 unspecified atom stereocenters. The predicted octanol–water partition coefficient (Wildman–Crippen LogP) is 1.35. The number of hydrogen-bond acceptors (Lipinski definition) is 2. The smallest absolute Gasteiger partial charge is 0.0811 e. The summed E-state index contributed by atoms with van der Waals surface area (Å²) in [6, 6.07) is 0. The highest BCUT2D eigenvalue weighted by atomic mass is 16.5. The van der Waals surface area contributed by atoms with Gasteiger partial charge in [-0.2, -0.15) is 0 Å². The van der Waals surface area contributed by atoms with Gasteiger partial charge in [-0.25, -0.2) is 0 Å². The number of aliphatic hydroxyl groups is 1. The van der Waals surface area contributed by atoms with Crippen LogP contribution in [0.4, 0.5) is 0 Å². The van der Waals surface area contributed by atoms with Crippen molar-refractivity contribution < 1.29 is 9.84 Å². The molecule has 0 saturated heterocycles. The fraction of sp³-hybridized carbons (Fsp3) is 0.750. The summed E-state index contributed by atoms with van der Waals surface area (Å²) in [6.07, 6.45) is 1.19. The Kier molecular flexibility index (Phi) is 4.32. The highest BCUT2D eigenvalue weighted by Gasteiger charge is 2.10. The summed E-state index contributed by atoms with van der Waals surface area (Å²) in [5, 5.41) is 9.01. The monoisotopic (exact) mass is 144 g/mol. The summed E-state index contributed by atoms with van der Waals surface area (Å²) < 4.78 is 5.29. The van der Waals surface area contributed by atoms with Crippen LogP contribution in [0, 0.1) is 0 Å². The van der Waals surface area contributed by atoms with Crippen molar-refractivity contribution in [1.82, 2.24) is 0 Å². The van der Waals surface area contributed by atoms with E-state index in [2.05, 4.69) is 6.58 Å². The van der Waals surface area contributed by atoms with E-state index in [0.717, 1.165) is 0 Å². The molecule has 1 N–H and O–H groups in total. The van der Waals surface area contributed by atoms with Crippen LogP contribution in [-0.2, 0) is 4.74 Å². The first-order chi connectivity index (χ1) is 4.57. The van der Waals surface area contributed by atoms with E-state index in [9.17, 15) is 0 Å². The van der Waals surface area contributed by atoms with Crippen molar-refractivity contribution >= 4 is 0 Å². The molecule has 0 aromatic rings. The average Bonchev–Trinajstić information content (AvgIpc) is 1.87. The molecule has 0 amide bonds. The van der Waals surface area contributed by atoms with E-state index in [0.29, 0.717) is 0 Å². The van der Waals surface area contributed by atoms with Gasteiger partial charge in [0, 0.05) is 0 Å². The van der Waals surface area contributed by atoms with Gasteiger partial charge in [0.05, 0.1) is 18.3 Å². The third-order valence-electron chi connectivity index (χ3n) is 1.44. The van der Waals surface area contributed by atoms with Crippen LogP contribution in [0.25, 0.3) is 0 Å². The van der Waals surface area contributed by atoms with E-state index in [4.69, 9.17) is 9.84 Å². The zero-order chi connectivity index (χ0) is 8.15. The quantitative estimate of drug-likeness (QED) is 0.603. The van der Waals surface area contributed by atoms with Crippen LogP contribution in [0.3, 0.4) is 0 Å². The Balaban J connectivity index is 3.56. The van der Waals surface area contributed by atoms with Crippen molar-refractivity contribution in [3.05, 3.63) is 12.7 Å². The number of aliphatic hydroxyl groups excluding tert-OH is 1. The fourth-order valence-electron chi connectivity index (χ4n) is 0.508. The van der Waals surface area contributed by atoms with Gasteiger partial charge in [0.2, 0.25) is 0 Å². The molecule has 0 bridgehead atoms. The lowest BCUT2D eigenvalue weighted by molar-refractivity contribution is -0.0378. The summed E-state index contributed by atoms with van der Waals surface area (Å²) >= 11 is 0. The van der Waals surface area contributed by atoms with Crippen molar-refractivity contribution in [2.75, 3.05) is 0 Å². The minimum atomic E-state index is -0.414. The molecule has 0 aromatic heterocycles. The summed E-state index contributed by atoms with van der Waals surface area (Å²) in [5.41, 5.74) is 0. The van der Waals surface area contributed by atoms with Crippen LogP contribution in [-0.4, -0.2) is 23.4 Å². The van der Waals surface area contributed by atoms with Crippen LogP contribution in [0.15, 0.2) is 12.7 Å². The molecule has 60 valence electrons. The third kappa shape index (κ3) is 3.64. The number of hydrogen-bond donors (Lipinski definition) is 1. The summed E-state index contributed by atoms with van der Waals surface area (Å²) in [6.45, 7) is 9.01. The van der Waals surface area contributed by atoms with E-state index in [1.807, 2.05) is 13.8 Å². The van der Waals surface area contributed by atoms with Crippen LogP contribution in [0.2, 0.25) is 0 Å². The van der Waals surface area contributed by atoms with Crippen LogP contribution < -0.4 is 0 Å². The summed E-state index contributed by atoms with van der Waals surface area (Å²) in [4.78, 5) is 0. The van der Waals surface area contributed by atoms with Gasteiger partial charge in [-0.1, -0.05) is 6.08 Å². The zero-order valence-corrected chi connectivity index (χ0v) is 6.87. The van der Waals surface area contributed by atoms with E-state index >= 15 is 0 Å². The molecule has 0 aliphatic carbocycles. The first-order valence-corrected chi connectivity index (χ1v) is 3.54. The maximum Gasteiger partial charge on any atom is 0.0811 e. The standard InChI is InChI=1S/C8H16O2/c1-5-6(2)10-8(4)7(3)9/h5-9H,1H2,2-4H3. The van der Waals surface area contributed by atoms with Gasteiger partial charge in [0.15, 0.2) is 0 Å². The van der Waals surface area contributed by atoms with Gasteiger partial charge < -0.3 is 9.84 Å². The Hall–Kier alpha value is -0.340. The minimum absolute atomic E-state index is 0.0181. The lowest BCUT2D eigenvalue weighted by Gasteiger charge is -2.18. The molecule has 0 aliphatic heterocycles. The number of ether oxygens (including phenoxy) is 1. The molecule has 3 atom stereocenters. The summed E-state index contributed by atoms with van der Waals surface area (Å²) in [7, 11) is 0. The molecule has 10 heavy (non-hydrogen) atoms. The van der Waals surface area contributed by atoms with Crippen LogP contribution >= 0.6 is 0 Å². The van der Waals surface area contributed by atoms with Crippen molar-refractivity contribution in [1.29, 1.82) is 0 Å². The second kappa shape index (κ2) is 4.47. The second-order valence-corrected chi connectivity index (χ2v) is 2.52. The second-order valence-electron chi connectivity index (χ2n) is 2.52. The maximum absolute atomic E-state index is 9.01. The van der Waals surface area contributed by atoms with Gasteiger partial charge in [-0.15, -0.1) is 6.58 Å². The fourth-order valence-corrected chi connectivity index (χ4v) is 0.508. The van der Waals surface area contributed by atoms with Gasteiger partial charge >= 0.3 is 0 Å². The van der Waals surface area contributed by atoms with E-state index < -0.39 is 6.10 Å². The molecule has 2 nitrogen and oxygen atoms in total. The first kappa shape index (κ1) is 9.66. The molecule has 0 aliphatic rings. The SMILES string of the molecule is C=CC(C)OC(C)C(C)O. The Bertz CT molecular complexity index is 99.4. The molecule has 0 saturated carbocycles. The molecule has 0 aromatic carbocycles. The number of rotatable bonds is 4. The highest BCUT2D eigenvalue weighted by Crippen LogP contribution is 2.02. The average molecular weight is 144 g/mol. The van der Waals surface area contributed by atoms with Crippen molar-refractivity contribution in [3.63, 3.8) is 0 Å². The van der Waals surface area contributed by atoms with Crippen molar-refractivity contribution in [3.8, 4) is 0 Å². The Morgan fingerprint density at radius 1 is 1.40 bits per heavy atom. The molecule has 0 fully saturated rings. The van der Waals surface area contributed by atoms with E-state index in [1.54, 1.807) is 13.0 Å². The molecule has 2 heteroatoms.